The van der Waals surface area contributed by atoms with Crippen molar-refractivity contribution >= 4 is 0 Å². The minimum Gasteiger partial charge on any atom is -0.508 e. The van der Waals surface area contributed by atoms with E-state index in [2.05, 4.69) is 20.8 Å². The number of benzene rings is 1. The second-order valence-electron chi connectivity index (χ2n) is 4.37. The Bertz CT molecular complexity index is 317. The van der Waals surface area contributed by atoms with Crippen LogP contribution in [0, 0.1) is 6.92 Å². The third-order valence-corrected chi connectivity index (χ3v) is 2.70. The van der Waals surface area contributed by atoms with Crippen molar-refractivity contribution < 1.29 is 10.2 Å². The van der Waals surface area contributed by atoms with Gasteiger partial charge in [0.05, 0.1) is 0 Å². The molecule has 2 nitrogen and oxygen atoms in total. The zero-order chi connectivity index (χ0) is 13.3. The van der Waals surface area contributed by atoms with Crippen molar-refractivity contribution in [2.45, 2.75) is 59.8 Å². The number of hydrogen-bond acceptors (Lipinski definition) is 2. The van der Waals surface area contributed by atoms with E-state index in [1.165, 1.54) is 12.8 Å². The molecule has 0 aliphatic heterocycles. The molecule has 1 aromatic rings. The summed E-state index contributed by atoms with van der Waals surface area (Å²) < 4.78 is 0. The SMILES string of the molecule is CCCC.CCCCc1cc(O)c(C)cc1O. The van der Waals surface area contributed by atoms with Crippen molar-refractivity contribution in [1.82, 2.24) is 0 Å². The maximum atomic E-state index is 9.53. The van der Waals surface area contributed by atoms with E-state index in [0.29, 0.717) is 5.75 Å². The molecule has 0 saturated heterocycles. The van der Waals surface area contributed by atoms with Gasteiger partial charge in [-0.15, -0.1) is 0 Å². The van der Waals surface area contributed by atoms with Crippen molar-refractivity contribution in [3.8, 4) is 11.5 Å². The lowest BCUT2D eigenvalue weighted by Crippen LogP contribution is -1.87. The van der Waals surface area contributed by atoms with Crippen LogP contribution in [0.3, 0.4) is 0 Å². The van der Waals surface area contributed by atoms with Gasteiger partial charge in [0.1, 0.15) is 11.5 Å². The van der Waals surface area contributed by atoms with Gasteiger partial charge >= 0.3 is 0 Å². The van der Waals surface area contributed by atoms with Gasteiger partial charge in [0, 0.05) is 0 Å². The van der Waals surface area contributed by atoms with Gasteiger partial charge in [0.15, 0.2) is 0 Å². The summed E-state index contributed by atoms with van der Waals surface area (Å²) in [5.74, 6) is 0.563. The van der Waals surface area contributed by atoms with E-state index in [1.54, 1.807) is 19.1 Å². The van der Waals surface area contributed by atoms with Crippen molar-refractivity contribution in [1.29, 1.82) is 0 Å². The van der Waals surface area contributed by atoms with E-state index >= 15 is 0 Å². The maximum absolute atomic E-state index is 9.53. The first kappa shape index (κ1) is 15.8. The molecule has 17 heavy (non-hydrogen) atoms. The molecule has 0 radical (unpaired) electrons. The Balaban J connectivity index is 0.000000557. The summed E-state index contributed by atoms with van der Waals surface area (Å²) in [5.41, 5.74) is 1.56. The van der Waals surface area contributed by atoms with Crippen molar-refractivity contribution in [2.75, 3.05) is 0 Å². The van der Waals surface area contributed by atoms with Gasteiger partial charge in [-0.05, 0) is 43.0 Å². The van der Waals surface area contributed by atoms with E-state index in [1.807, 2.05) is 0 Å². The molecule has 0 aliphatic rings. The Morgan fingerprint density at radius 2 is 1.47 bits per heavy atom. The first-order chi connectivity index (χ1) is 8.06. The number of unbranched alkanes of at least 4 members (excludes halogenated alkanes) is 2. The number of hydrogen-bond donors (Lipinski definition) is 2. The normalized spacial score (nSPS) is 9.65. The Labute approximate surface area is 105 Å². The predicted molar refractivity (Wildman–Crippen MR) is 73.7 cm³/mol. The maximum Gasteiger partial charge on any atom is 0.119 e. The summed E-state index contributed by atoms with van der Waals surface area (Å²) in [6.45, 7) is 8.24. The molecule has 0 saturated carbocycles. The lowest BCUT2D eigenvalue weighted by molar-refractivity contribution is 0.450. The average molecular weight is 238 g/mol. The summed E-state index contributed by atoms with van der Waals surface area (Å²) in [6, 6.07) is 3.26. The Hall–Kier alpha value is -1.18. The molecule has 1 aromatic carbocycles. The monoisotopic (exact) mass is 238 g/mol. The van der Waals surface area contributed by atoms with Crippen LogP contribution in [0.25, 0.3) is 0 Å². The van der Waals surface area contributed by atoms with Crippen molar-refractivity contribution in [2.24, 2.45) is 0 Å². The predicted octanol–water partition coefficient (Wildman–Crippen LogP) is 4.56. The van der Waals surface area contributed by atoms with Crippen molar-refractivity contribution in [3.05, 3.63) is 23.3 Å². The number of rotatable bonds is 4. The second kappa shape index (κ2) is 8.91. The van der Waals surface area contributed by atoms with Crippen LogP contribution < -0.4 is 0 Å². The van der Waals surface area contributed by atoms with Gasteiger partial charge in [-0.1, -0.05) is 40.0 Å². The quantitative estimate of drug-likeness (QED) is 0.755. The van der Waals surface area contributed by atoms with Crippen molar-refractivity contribution in [3.63, 3.8) is 0 Å². The largest absolute Gasteiger partial charge is 0.508 e. The molecule has 1 rings (SSSR count). The van der Waals surface area contributed by atoms with Gasteiger partial charge in [-0.2, -0.15) is 0 Å². The molecule has 2 N–H and O–H groups in total. The van der Waals surface area contributed by atoms with Crippen LogP contribution in [0.15, 0.2) is 12.1 Å². The Morgan fingerprint density at radius 3 is 1.94 bits per heavy atom. The van der Waals surface area contributed by atoms with Crippen LogP contribution >= 0.6 is 0 Å². The van der Waals surface area contributed by atoms with Gasteiger partial charge in [-0.3, -0.25) is 0 Å². The number of phenols is 2. The number of aromatic hydroxyl groups is 2. The molecule has 0 aromatic heterocycles. The summed E-state index contributed by atoms with van der Waals surface area (Å²) in [7, 11) is 0. The summed E-state index contributed by atoms with van der Waals surface area (Å²) >= 11 is 0. The second-order valence-corrected chi connectivity index (χ2v) is 4.37. The van der Waals surface area contributed by atoms with E-state index in [9.17, 15) is 10.2 Å². The van der Waals surface area contributed by atoms with Crippen LogP contribution in [-0.2, 0) is 6.42 Å². The third kappa shape index (κ3) is 6.20. The van der Waals surface area contributed by atoms with Crippen LogP contribution in [0.5, 0.6) is 11.5 Å². The highest BCUT2D eigenvalue weighted by Gasteiger charge is 2.04. The fraction of sp³-hybridized carbons (Fsp3) is 0.600. The molecule has 0 amide bonds. The highest BCUT2D eigenvalue weighted by Crippen LogP contribution is 2.27. The summed E-state index contributed by atoms with van der Waals surface area (Å²) in [6.07, 6.45) is 5.60. The third-order valence-electron chi connectivity index (χ3n) is 2.70. The topological polar surface area (TPSA) is 40.5 Å². The molecular formula is C15H26O2. The lowest BCUT2D eigenvalue weighted by atomic mass is 10.0. The minimum absolute atomic E-state index is 0.268. The van der Waals surface area contributed by atoms with Gasteiger partial charge in [0.25, 0.3) is 0 Å². The highest BCUT2D eigenvalue weighted by molar-refractivity contribution is 5.44. The first-order valence-electron chi connectivity index (χ1n) is 6.58. The summed E-state index contributed by atoms with van der Waals surface area (Å²) in [4.78, 5) is 0. The standard InChI is InChI=1S/C11H16O2.C4H10/c1-3-4-5-9-7-10(12)8(2)6-11(9)13;1-3-4-2/h6-7,12-13H,3-5H2,1-2H3;3-4H2,1-2H3. The fourth-order valence-corrected chi connectivity index (χ4v) is 1.29. The van der Waals surface area contributed by atoms with Gasteiger partial charge < -0.3 is 10.2 Å². The molecular weight excluding hydrogens is 212 g/mol. The minimum atomic E-state index is 0.268. The molecule has 0 spiro atoms. The van der Waals surface area contributed by atoms with Crippen LogP contribution in [0.4, 0.5) is 0 Å². The molecule has 0 aliphatic carbocycles. The molecule has 0 fully saturated rings. The van der Waals surface area contributed by atoms with Crippen LogP contribution in [0.2, 0.25) is 0 Å². The molecule has 0 unspecified atom stereocenters. The Kier molecular flexibility index (Phi) is 8.29. The molecule has 0 bridgehead atoms. The fourth-order valence-electron chi connectivity index (χ4n) is 1.29. The molecule has 0 heterocycles. The lowest BCUT2D eigenvalue weighted by Gasteiger charge is -2.06. The van der Waals surface area contributed by atoms with E-state index in [4.69, 9.17) is 0 Å². The molecule has 0 atom stereocenters. The molecule has 2 heteroatoms. The van der Waals surface area contributed by atoms with Crippen LogP contribution in [0.1, 0.15) is 57.6 Å². The van der Waals surface area contributed by atoms with E-state index in [-0.39, 0.29) is 5.75 Å². The van der Waals surface area contributed by atoms with E-state index in [0.717, 1.165) is 30.4 Å². The summed E-state index contributed by atoms with van der Waals surface area (Å²) in [5, 5.41) is 18.9. The first-order valence-corrected chi connectivity index (χ1v) is 6.58. The van der Waals surface area contributed by atoms with Gasteiger partial charge in [-0.25, -0.2) is 0 Å². The zero-order valence-electron chi connectivity index (χ0n) is 11.6. The number of phenolic OH excluding ortho intramolecular Hbond substituents is 2. The average Bonchev–Trinajstić information content (AvgIpc) is 2.32. The Morgan fingerprint density at radius 1 is 0.882 bits per heavy atom. The molecule has 98 valence electrons. The smallest absolute Gasteiger partial charge is 0.119 e. The number of aryl methyl sites for hydroxylation is 2. The highest BCUT2D eigenvalue weighted by atomic mass is 16.3. The van der Waals surface area contributed by atoms with Gasteiger partial charge in [0.2, 0.25) is 0 Å². The van der Waals surface area contributed by atoms with E-state index < -0.39 is 0 Å². The zero-order valence-corrected chi connectivity index (χ0v) is 11.6. The van der Waals surface area contributed by atoms with Crippen LogP contribution in [-0.4, -0.2) is 10.2 Å².